The summed E-state index contributed by atoms with van der Waals surface area (Å²) in [5.41, 5.74) is 2.59. The number of aromatic nitrogens is 2. The van der Waals surface area contributed by atoms with Crippen LogP contribution in [0.5, 0.6) is 0 Å². The standard InChI is InChI=1S/C15H13ClN2O2S/c1-3-11-12-8(2)13(15(19)20)21-14(12)18(17-11)10-6-4-9(16)5-7-10/h4-7H,3H2,1-2H3,(H,19,20). The normalized spacial score (nSPS) is 11.2. The topological polar surface area (TPSA) is 55.1 Å². The van der Waals surface area contributed by atoms with E-state index in [-0.39, 0.29) is 0 Å². The van der Waals surface area contributed by atoms with Crippen molar-refractivity contribution in [3.63, 3.8) is 0 Å². The summed E-state index contributed by atoms with van der Waals surface area (Å²) in [6, 6.07) is 7.36. The molecule has 0 radical (unpaired) electrons. The van der Waals surface area contributed by atoms with Gasteiger partial charge in [0.05, 0.1) is 11.4 Å². The molecule has 0 spiro atoms. The number of carbonyl (C=O) groups is 1. The lowest BCUT2D eigenvalue weighted by Crippen LogP contribution is -1.98. The SMILES string of the molecule is CCc1nn(-c2ccc(Cl)cc2)c2sc(C(=O)O)c(C)c12. The Hall–Kier alpha value is -1.85. The van der Waals surface area contributed by atoms with Crippen molar-refractivity contribution in [1.29, 1.82) is 0 Å². The van der Waals surface area contributed by atoms with E-state index in [1.807, 2.05) is 26.0 Å². The predicted molar refractivity (Wildman–Crippen MR) is 85.0 cm³/mol. The zero-order valence-corrected chi connectivity index (χ0v) is 13.1. The molecular formula is C15H13ClN2O2S. The highest BCUT2D eigenvalue weighted by Gasteiger charge is 2.21. The minimum Gasteiger partial charge on any atom is -0.477 e. The van der Waals surface area contributed by atoms with Gasteiger partial charge in [0.15, 0.2) is 0 Å². The summed E-state index contributed by atoms with van der Waals surface area (Å²) in [6.07, 6.45) is 0.758. The molecule has 4 nitrogen and oxygen atoms in total. The van der Waals surface area contributed by atoms with E-state index in [4.69, 9.17) is 11.6 Å². The summed E-state index contributed by atoms with van der Waals surface area (Å²) < 4.78 is 1.80. The van der Waals surface area contributed by atoms with Gasteiger partial charge in [-0.3, -0.25) is 0 Å². The van der Waals surface area contributed by atoms with E-state index in [0.29, 0.717) is 9.90 Å². The fraction of sp³-hybridized carbons (Fsp3) is 0.200. The van der Waals surface area contributed by atoms with Crippen molar-refractivity contribution in [3.05, 3.63) is 45.4 Å². The second-order valence-electron chi connectivity index (χ2n) is 4.73. The summed E-state index contributed by atoms with van der Waals surface area (Å²) in [5, 5.41) is 15.5. The molecule has 1 aromatic carbocycles. The Bertz CT molecular complexity index is 834. The first-order chi connectivity index (χ1) is 10.0. The van der Waals surface area contributed by atoms with Crippen LogP contribution in [0.1, 0.15) is 27.9 Å². The van der Waals surface area contributed by atoms with Crippen molar-refractivity contribution in [2.75, 3.05) is 0 Å². The van der Waals surface area contributed by atoms with Crippen LogP contribution >= 0.6 is 22.9 Å². The molecule has 3 rings (SSSR count). The Kier molecular flexibility index (Phi) is 3.47. The summed E-state index contributed by atoms with van der Waals surface area (Å²) in [6.45, 7) is 3.86. The third-order valence-electron chi connectivity index (χ3n) is 3.43. The van der Waals surface area contributed by atoms with Gasteiger partial charge in [-0.1, -0.05) is 18.5 Å². The van der Waals surface area contributed by atoms with Crippen molar-refractivity contribution in [2.24, 2.45) is 0 Å². The van der Waals surface area contributed by atoms with Crippen molar-refractivity contribution in [2.45, 2.75) is 20.3 Å². The number of hydrogen-bond acceptors (Lipinski definition) is 3. The molecule has 0 atom stereocenters. The lowest BCUT2D eigenvalue weighted by atomic mass is 10.1. The van der Waals surface area contributed by atoms with Crippen LogP contribution < -0.4 is 0 Å². The van der Waals surface area contributed by atoms with Gasteiger partial charge in [-0.2, -0.15) is 5.10 Å². The van der Waals surface area contributed by atoms with Crippen LogP contribution in [0.2, 0.25) is 5.02 Å². The first-order valence-corrected chi connectivity index (χ1v) is 7.72. The van der Waals surface area contributed by atoms with Crippen molar-refractivity contribution >= 4 is 39.1 Å². The minimum absolute atomic E-state index is 0.375. The Morgan fingerprint density at radius 3 is 2.62 bits per heavy atom. The molecule has 0 saturated heterocycles. The Morgan fingerprint density at radius 1 is 1.38 bits per heavy atom. The molecule has 0 saturated carbocycles. The van der Waals surface area contributed by atoms with Crippen LogP contribution in [0.15, 0.2) is 24.3 Å². The lowest BCUT2D eigenvalue weighted by molar-refractivity contribution is 0.0701. The molecule has 0 aliphatic carbocycles. The minimum atomic E-state index is -0.890. The van der Waals surface area contributed by atoms with Crippen LogP contribution in [-0.4, -0.2) is 20.9 Å². The van der Waals surface area contributed by atoms with Gasteiger partial charge in [0, 0.05) is 10.4 Å². The second-order valence-corrected chi connectivity index (χ2v) is 6.17. The third kappa shape index (κ3) is 2.22. The Morgan fingerprint density at radius 2 is 2.05 bits per heavy atom. The summed E-state index contributed by atoms with van der Waals surface area (Å²) in [5.74, 6) is -0.890. The van der Waals surface area contributed by atoms with Crippen LogP contribution in [0, 0.1) is 6.92 Å². The smallest absolute Gasteiger partial charge is 0.346 e. The number of rotatable bonds is 3. The van der Waals surface area contributed by atoms with Gasteiger partial charge in [0.2, 0.25) is 0 Å². The van der Waals surface area contributed by atoms with Gasteiger partial charge in [0.25, 0.3) is 0 Å². The average molecular weight is 321 g/mol. The highest BCUT2D eigenvalue weighted by atomic mass is 35.5. The molecule has 0 aliphatic rings. The fourth-order valence-corrected chi connectivity index (χ4v) is 3.68. The number of hydrogen-bond donors (Lipinski definition) is 1. The number of fused-ring (bicyclic) bond motifs is 1. The van der Waals surface area contributed by atoms with E-state index in [1.165, 1.54) is 11.3 Å². The number of carboxylic acids is 1. The average Bonchev–Trinajstić information content (AvgIpc) is 2.98. The van der Waals surface area contributed by atoms with Crippen LogP contribution in [0.25, 0.3) is 15.9 Å². The number of benzene rings is 1. The highest BCUT2D eigenvalue weighted by molar-refractivity contribution is 7.20. The van der Waals surface area contributed by atoms with Gasteiger partial charge < -0.3 is 5.11 Å². The van der Waals surface area contributed by atoms with Crippen molar-refractivity contribution in [3.8, 4) is 5.69 Å². The van der Waals surface area contributed by atoms with Crippen LogP contribution in [0.4, 0.5) is 0 Å². The molecule has 0 unspecified atom stereocenters. The molecule has 21 heavy (non-hydrogen) atoms. The monoisotopic (exact) mass is 320 g/mol. The zero-order valence-electron chi connectivity index (χ0n) is 11.6. The predicted octanol–water partition coefficient (Wildman–Crippen LogP) is 4.31. The lowest BCUT2D eigenvalue weighted by Gasteiger charge is -2.02. The second kappa shape index (κ2) is 5.16. The molecule has 2 aromatic heterocycles. The van der Waals surface area contributed by atoms with Crippen molar-refractivity contribution < 1.29 is 9.90 Å². The summed E-state index contributed by atoms with van der Waals surface area (Å²) in [7, 11) is 0. The van der Waals surface area contributed by atoms with E-state index in [2.05, 4.69) is 5.10 Å². The van der Waals surface area contributed by atoms with Gasteiger partial charge in [-0.25, -0.2) is 9.48 Å². The first-order valence-electron chi connectivity index (χ1n) is 6.53. The number of nitrogens with zero attached hydrogens (tertiary/aromatic N) is 2. The summed E-state index contributed by atoms with van der Waals surface area (Å²) >= 11 is 7.18. The van der Waals surface area contributed by atoms with Gasteiger partial charge in [0.1, 0.15) is 9.71 Å². The van der Waals surface area contributed by atoms with E-state index < -0.39 is 5.97 Å². The molecule has 0 aliphatic heterocycles. The fourth-order valence-electron chi connectivity index (χ4n) is 2.41. The molecule has 3 aromatic rings. The maximum absolute atomic E-state index is 11.3. The Balaban J connectivity index is 2.31. The van der Waals surface area contributed by atoms with Crippen molar-refractivity contribution in [1.82, 2.24) is 9.78 Å². The van der Waals surface area contributed by atoms with Gasteiger partial charge in [-0.05, 0) is 43.2 Å². The number of thiophene rings is 1. The van der Waals surface area contributed by atoms with Crippen LogP contribution in [0.3, 0.4) is 0 Å². The molecule has 6 heteroatoms. The molecule has 0 bridgehead atoms. The number of aryl methyl sites for hydroxylation is 2. The third-order valence-corrected chi connectivity index (χ3v) is 4.94. The maximum Gasteiger partial charge on any atom is 0.346 e. The highest BCUT2D eigenvalue weighted by Crippen LogP contribution is 2.35. The summed E-state index contributed by atoms with van der Waals surface area (Å²) in [4.78, 5) is 12.6. The van der Waals surface area contributed by atoms with Gasteiger partial charge in [-0.15, -0.1) is 11.3 Å². The largest absolute Gasteiger partial charge is 0.477 e. The van der Waals surface area contributed by atoms with E-state index in [0.717, 1.165) is 33.6 Å². The Labute approximate surface area is 130 Å². The molecule has 0 amide bonds. The first kappa shape index (κ1) is 14.1. The van der Waals surface area contributed by atoms with E-state index in [9.17, 15) is 9.90 Å². The van der Waals surface area contributed by atoms with Gasteiger partial charge >= 0.3 is 5.97 Å². The molecule has 2 heterocycles. The quantitative estimate of drug-likeness (QED) is 0.782. The molecule has 108 valence electrons. The molecular weight excluding hydrogens is 308 g/mol. The molecule has 1 N–H and O–H groups in total. The number of carboxylic acid groups (broad SMARTS) is 1. The molecule has 0 fully saturated rings. The van der Waals surface area contributed by atoms with Crippen LogP contribution in [-0.2, 0) is 6.42 Å². The number of aromatic carboxylic acids is 1. The van der Waals surface area contributed by atoms with E-state index in [1.54, 1.807) is 16.8 Å². The zero-order chi connectivity index (χ0) is 15.1. The maximum atomic E-state index is 11.3. The van der Waals surface area contributed by atoms with E-state index >= 15 is 0 Å². The number of halogens is 1.